The van der Waals surface area contributed by atoms with E-state index in [2.05, 4.69) is 36.0 Å². The number of pyridine rings is 1. The number of anilines is 1. The molecule has 3 N–H and O–H groups in total. The van der Waals surface area contributed by atoms with Crippen molar-refractivity contribution in [3.05, 3.63) is 23.9 Å². The number of aromatic nitrogens is 1. The predicted molar refractivity (Wildman–Crippen MR) is 73.6 cm³/mol. The maximum Gasteiger partial charge on any atom is 0.250 e. The van der Waals surface area contributed by atoms with E-state index in [4.69, 9.17) is 5.73 Å². The number of primary amides is 1. The number of carbonyl (C=O) groups excluding carboxylic acids is 1. The molecule has 1 unspecified atom stereocenters. The number of rotatable bonds is 7. The van der Waals surface area contributed by atoms with Gasteiger partial charge in [-0.15, -0.1) is 0 Å². The van der Waals surface area contributed by atoms with E-state index < -0.39 is 5.91 Å². The third kappa shape index (κ3) is 4.33. The second kappa shape index (κ2) is 6.96. The fourth-order valence-corrected chi connectivity index (χ4v) is 1.79. The maximum absolute atomic E-state index is 10.9. The lowest BCUT2D eigenvalue weighted by Gasteiger charge is -2.23. The normalized spacial score (nSPS) is 12.4. The van der Waals surface area contributed by atoms with Crippen molar-refractivity contribution >= 4 is 11.7 Å². The average Bonchev–Trinajstić information content (AvgIpc) is 2.36. The summed E-state index contributed by atoms with van der Waals surface area (Å²) in [6.07, 6.45) is 1.49. The molecule has 0 aliphatic heterocycles. The summed E-state index contributed by atoms with van der Waals surface area (Å²) in [7, 11) is 0. The highest BCUT2D eigenvalue weighted by Crippen LogP contribution is 2.07. The number of carbonyl (C=O) groups is 1. The second-order valence-corrected chi connectivity index (χ2v) is 4.33. The van der Waals surface area contributed by atoms with Gasteiger partial charge in [0.2, 0.25) is 5.91 Å². The van der Waals surface area contributed by atoms with Gasteiger partial charge < -0.3 is 16.0 Å². The Balaban J connectivity index is 2.53. The van der Waals surface area contributed by atoms with Gasteiger partial charge in [0.25, 0.3) is 0 Å². The highest BCUT2D eigenvalue weighted by Gasteiger charge is 2.08. The molecule has 5 heteroatoms. The lowest BCUT2D eigenvalue weighted by molar-refractivity contribution is 0.1000. The molecule has 1 aromatic heterocycles. The van der Waals surface area contributed by atoms with Gasteiger partial charge in [0, 0.05) is 18.8 Å². The monoisotopic (exact) mass is 250 g/mol. The average molecular weight is 250 g/mol. The predicted octanol–water partition coefficient (Wildman–Crippen LogP) is 1.32. The first kappa shape index (κ1) is 14.4. The molecule has 0 aliphatic carbocycles. The minimum absolute atomic E-state index is 0.303. The zero-order valence-electron chi connectivity index (χ0n) is 11.3. The number of amides is 1. The molecule has 1 aromatic rings. The fraction of sp³-hybridized carbons (Fsp3) is 0.538. The summed E-state index contributed by atoms with van der Waals surface area (Å²) in [6.45, 7) is 9.45. The minimum atomic E-state index is -0.453. The van der Waals surface area contributed by atoms with E-state index in [9.17, 15) is 4.79 Å². The Morgan fingerprint density at radius 1 is 1.44 bits per heavy atom. The third-order valence-corrected chi connectivity index (χ3v) is 2.87. The summed E-state index contributed by atoms with van der Waals surface area (Å²) < 4.78 is 0. The zero-order valence-corrected chi connectivity index (χ0v) is 11.3. The SMILES string of the molecule is CCN(CC)CC(C)Nc1ccc(C(N)=O)cn1. The topological polar surface area (TPSA) is 71.2 Å². The van der Waals surface area contributed by atoms with Crippen LogP contribution >= 0.6 is 0 Å². The van der Waals surface area contributed by atoms with Crippen LogP contribution in [-0.2, 0) is 0 Å². The molecule has 0 fully saturated rings. The molecule has 0 spiro atoms. The smallest absolute Gasteiger partial charge is 0.250 e. The summed E-state index contributed by atoms with van der Waals surface area (Å²) in [5, 5.41) is 3.30. The fourth-order valence-electron chi connectivity index (χ4n) is 1.79. The first-order chi connectivity index (χ1) is 8.56. The third-order valence-electron chi connectivity index (χ3n) is 2.87. The number of nitrogens with two attached hydrogens (primary N) is 1. The van der Waals surface area contributed by atoms with Gasteiger partial charge in [0.05, 0.1) is 5.56 Å². The van der Waals surface area contributed by atoms with Crippen LogP contribution in [-0.4, -0.2) is 41.5 Å². The lowest BCUT2D eigenvalue weighted by atomic mass is 10.2. The van der Waals surface area contributed by atoms with Crippen molar-refractivity contribution in [2.75, 3.05) is 25.0 Å². The Morgan fingerprint density at radius 2 is 2.11 bits per heavy atom. The maximum atomic E-state index is 10.9. The molecule has 1 atom stereocenters. The van der Waals surface area contributed by atoms with Gasteiger partial charge in [-0.05, 0) is 32.1 Å². The van der Waals surface area contributed by atoms with Crippen molar-refractivity contribution < 1.29 is 4.79 Å². The molecular weight excluding hydrogens is 228 g/mol. The molecule has 1 amide bonds. The summed E-state index contributed by atoms with van der Waals surface area (Å²) in [6, 6.07) is 3.76. The van der Waals surface area contributed by atoms with Crippen LogP contribution in [0.4, 0.5) is 5.82 Å². The molecule has 18 heavy (non-hydrogen) atoms. The summed E-state index contributed by atoms with van der Waals surface area (Å²) in [5.74, 6) is 0.310. The molecule has 1 rings (SSSR count). The van der Waals surface area contributed by atoms with E-state index >= 15 is 0 Å². The first-order valence-corrected chi connectivity index (χ1v) is 6.31. The van der Waals surface area contributed by atoms with Gasteiger partial charge >= 0.3 is 0 Å². The molecular formula is C13H22N4O. The molecule has 0 aliphatic rings. The standard InChI is InChI=1S/C13H22N4O/c1-4-17(5-2)9-10(3)16-12-7-6-11(8-15-12)13(14)18/h6-8,10H,4-5,9H2,1-3H3,(H2,14,18)(H,15,16). The van der Waals surface area contributed by atoms with Gasteiger partial charge in [0.1, 0.15) is 5.82 Å². The minimum Gasteiger partial charge on any atom is -0.366 e. The van der Waals surface area contributed by atoms with Crippen molar-refractivity contribution in [3.63, 3.8) is 0 Å². The number of likely N-dealkylation sites (N-methyl/N-ethyl adjacent to an activating group) is 1. The number of hydrogen-bond donors (Lipinski definition) is 2. The zero-order chi connectivity index (χ0) is 13.5. The van der Waals surface area contributed by atoms with Crippen LogP contribution in [0, 0.1) is 0 Å². The Morgan fingerprint density at radius 3 is 2.56 bits per heavy atom. The molecule has 0 saturated heterocycles. The van der Waals surface area contributed by atoms with Crippen molar-refractivity contribution in [2.24, 2.45) is 5.73 Å². The van der Waals surface area contributed by atoms with E-state index in [1.54, 1.807) is 12.1 Å². The number of hydrogen-bond acceptors (Lipinski definition) is 4. The van der Waals surface area contributed by atoms with Crippen LogP contribution in [0.3, 0.4) is 0 Å². The Hall–Kier alpha value is -1.62. The molecule has 0 aromatic carbocycles. The van der Waals surface area contributed by atoms with Crippen molar-refractivity contribution in [1.82, 2.24) is 9.88 Å². The Kier molecular flexibility index (Phi) is 5.58. The van der Waals surface area contributed by atoms with Crippen molar-refractivity contribution in [2.45, 2.75) is 26.8 Å². The Bertz CT molecular complexity index is 373. The van der Waals surface area contributed by atoms with Gasteiger partial charge in [-0.25, -0.2) is 4.98 Å². The quantitative estimate of drug-likeness (QED) is 0.765. The van der Waals surface area contributed by atoms with Gasteiger partial charge in [-0.2, -0.15) is 0 Å². The van der Waals surface area contributed by atoms with E-state index in [0.29, 0.717) is 11.6 Å². The van der Waals surface area contributed by atoms with Crippen LogP contribution in [0.25, 0.3) is 0 Å². The number of nitrogens with zero attached hydrogens (tertiary/aromatic N) is 2. The van der Waals surface area contributed by atoms with E-state index in [-0.39, 0.29) is 0 Å². The molecule has 0 saturated carbocycles. The van der Waals surface area contributed by atoms with Gasteiger partial charge in [-0.3, -0.25) is 4.79 Å². The van der Waals surface area contributed by atoms with Crippen LogP contribution in [0.15, 0.2) is 18.3 Å². The van der Waals surface area contributed by atoms with Crippen LogP contribution in [0.1, 0.15) is 31.1 Å². The van der Waals surface area contributed by atoms with E-state index in [1.807, 2.05) is 0 Å². The molecule has 0 radical (unpaired) electrons. The van der Waals surface area contributed by atoms with Crippen LogP contribution in [0.2, 0.25) is 0 Å². The Labute approximate surface area is 108 Å². The highest BCUT2D eigenvalue weighted by molar-refractivity contribution is 5.92. The molecule has 1 heterocycles. The van der Waals surface area contributed by atoms with Gasteiger partial charge in [0.15, 0.2) is 0 Å². The summed E-state index contributed by atoms with van der Waals surface area (Å²) >= 11 is 0. The van der Waals surface area contributed by atoms with Crippen molar-refractivity contribution in [1.29, 1.82) is 0 Å². The number of nitrogens with one attached hydrogen (secondary N) is 1. The largest absolute Gasteiger partial charge is 0.366 e. The van der Waals surface area contributed by atoms with E-state index in [0.717, 1.165) is 25.5 Å². The van der Waals surface area contributed by atoms with Crippen molar-refractivity contribution in [3.8, 4) is 0 Å². The highest BCUT2D eigenvalue weighted by atomic mass is 16.1. The second-order valence-electron chi connectivity index (χ2n) is 4.33. The lowest BCUT2D eigenvalue weighted by Crippen LogP contribution is -2.34. The van der Waals surface area contributed by atoms with Crippen LogP contribution < -0.4 is 11.1 Å². The molecule has 5 nitrogen and oxygen atoms in total. The first-order valence-electron chi connectivity index (χ1n) is 6.31. The van der Waals surface area contributed by atoms with Crippen LogP contribution in [0.5, 0.6) is 0 Å². The van der Waals surface area contributed by atoms with Gasteiger partial charge in [-0.1, -0.05) is 13.8 Å². The molecule has 100 valence electrons. The summed E-state index contributed by atoms with van der Waals surface area (Å²) in [4.78, 5) is 17.4. The molecule has 0 bridgehead atoms. The summed E-state index contributed by atoms with van der Waals surface area (Å²) in [5.41, 5.74) is 5.59. The van der Waals surface area contributed by atoms with E-state index in [1.165, 1.54) is 6.20 Å².